The summed E-state index contributed by atoms with van der Waals surface area (Å²) in [5.74, 6) is 0. The van der Waals surface area contributed by atoms with Crippen molar-refractivity contribution in [1.82, 2.24) is 0 Å². The van der Waals surface area contributed by atoms with Gasteiger partial charge in [-0.15, -0.1) is 0 Å². The predicted octanol–water partition coefficient (Wildman–Crippen LogP) is 4.01. The van der Waals surface area contributed by atoms with Crippen molar-refractivity contribution in [2.75, 3.05) is 0 Å². The second-order valence-electron chi connectivity index (χ2n) is 4.31. The van der Waals surface area contributed by atoms with Crippen LogP contribution in [0.3, 0.4) is 0 Å². The summed E-state index contributed by atoms with van der Waals surface area (Å²) >= 11 is 3.60. The predicted molar refractivity (Wildman–Crippen MR) is 77.5 cm³/mol. The minimum absolute atomic E-state index is 0.906. The summed E-state index contributed by atoms with van der Waals surface area (Å²) in [4.78, 5) is 3.37. The quantitative estimate of drug-likeness (QED) is 0.679. The molecule has 0 atom stereocenters. The molecule has 3 aromatic rings. The largest absolute Gasteiger partial charge is 0.214 e. The molecule has 0 aliphatic rings. The Balaban J connectivity index is 2.08. The summed E-state index contributed by atoms with van der Waals surface area (Å²) in [5.41, 5.74) is 2.55. The van der Waals surface area contributed by atoms with Crippen LogP contribution in [-0.2, 0) is 6.42 Å². The summed E-state index contributed by atoms with van der Waals surface area (Å²) in [6, 6.07) is 18.9. The average Bonchev–Trinajstić information content (AvgIpc) is 2.42. The van der Waals surface area contributed by atoms with Gasteiger partial charge in [0.1, 0.15) is 0 Å². The molecule has 88 valence electrons. The van der Waals surface area contributed by atoms with Gasteiger partial charge in [0.05, 0.1) is 6.42 Å². The van der Waals surface area contributed by atoms with Gasteiger partial charge in [0.2, 0.25) is 0 Å². The molecule has 0 bridgehead atoms. The van der Waals surface area contributed by atoms with Gasteiger partial charge in [0, 0.05) is 15.9 Å². The lowest BCUT2D eigenvalue weighted by Gasteiger charge is -2.03. The summed E-state index contributed by atoms with van der Waals surface area (Å²) < 4.78 is 1.16. The molecule has 3 rings (SSSR count). The van der Waals surface area contributed by atoms with E-state index in [1.807, 2.05) is 12.3 Å². The first-order valence-corrected chi connectivity index (χ1v) is 6.75. The highest BCUT2D eigenvalue weighted by molar-refractivity contribution is 9.10. The van der Waals surface area contributed by atoms with Crippen molar-refractivity contribution >= 4 is 26.7 Å². The molecule has 1 nitrogen and oxygen atoms in total. The van der Waals surface area contributed by atoms with Crippen molar-refractivity contribution in [3.8, 4) is 0 Å². The summed E-state index contributed by atoms with van der Waals surface area (Å²) in [7, 11) is 0. The smallest absolute Gasteiger partial charge is 0.191 e. The van der Waals surface area contributed by atoms with Gasteiger partial charge in [-0.1, -0.05) is 52.3 Å². The lowest BCUT2D eigenvalue weighted by molar-refractivity contribution is -0.387. The molecule has 0 aliphatic carbocycles. The summed E-state index contributed by atoms with van der Waals surface area (Å²) in [6.07, 6.45) is 2.91. The van der Waals surface area contributed by atoms with E-state index in [1.165, 1.54) is 22.0 Å². The van der Waals surface area contributed by atoms with Crippen LogP contribution in [0.5, 0.6) is 0 Å². The number of H-pyrrole nitrogens is 1. The van der Waals surface area contributed by atoms with Crippen LogP contribution in [0.25, 0.3) is 10.8 Å². The van der Waals surface area contributed by atoms with E-state index in [9.17, 15) is 0 Å². The number of aromatic amines is 1. The van der Waals surface area contributed by atoms with Crippen LogP contribution in [0.2, 0.25) is 0 Å². The third-order valence-electron chi connectivity index (χ3n) is 3.13. The number of halogens is 1. The van der Waals surface area contributed by atoms with E-state index in [-0.39, 0.29) is 0 Å². The van der Waals surface area contributed by atoms with Gasteiger partial charge in [-0.25, -0.2) is 4.98 Å². The molecule has 0 saturated heterocycles. The van der Waals surface area contributed by atoms with Crippen LogP contribution in [0, 0.1) is 0 Å². The molecule has 2 heteroatoms. The minimum atomic E-state index is 0.906. The highest BCUT2D eigenvalue weighted by Crippen LogP contribution is 2.21. The number of nitrogens with one attached hydrogen (secondary N) is 1. The van der Waals surface area contributed by atoms with E-state index in [0.29, 0.717) is 0 Å². The van der Waals surface area contributed by atoms with Crippen molar-refractivity contribution < 1.29 is 4.98 Å². The second kappa shape index (κ2) is 4.91. The van der Waals surface area contributed by atoms with Gasteiger partial charge in [-0.3, -0.25) is 0 Å². The number of hydrogen-bond donors (Lipinski definition) is 0. The monoisotopic (exact) mass is 298 g/mol. The Bertz CT molecular complexity index is 686. The number of rotatable bonds is 2. The maximum absolute atomic E-state index is 3.60. The topological polar surface area (TPSA) is 14.1 Å². The van der Waals surface area contributed by atoms with Crippen LogP contribution in [0.1, 0.15) is 11.3 Å². The van der Waals surface area contributed by atoms with Crippen molar-refractivity contribution in [2.45, 2.75) is 6.42 Å². The summed E-state index contributed by atoms with van der Waals surface area (Å²) in [5, 5.41) is 2.56. The highest BCUT2D eigenvalue weighted by atomic mass is 79.9. The van der Waals surface area contributed by atoms with Gasteiger partial charge in [-0.05, 0) is 23.1 Å². The Morgan fingerprint density at radius 3 is 2.56 bits per heavy atom. The molecule has 0 fully saturated rings. The maximum atomic E-state index is 3.60. The molecule has 0 aliphatic heterocycles. The SMILES string of the molecule is Brc1ccccc1Cc1[nH+]ccc2ccccc12. The number of hydrogen-bond acceptors (Lipinski definition) is 0. The molecule has 2 aromatic carbocycles. The maximum Gasteiger partial charge on any atom is 0.191 e. The first-order chi connectivity index (χ1) is 8.84. The van der Waals surface area contributed by atoms with Gasteiger partial charge < -0.3 is 0 Å². The Morgan fingerprint density at radius 2 is 1.67 bits per heavy atom. The molecule has 0 amide bonds. The zero-order valence-corrected chi connectivity index (χ0v) is 11.4. The Kier molecular flexibility index (Phi) is 3.11. The lowest BCUT2D eigenvalue weighted by atomic mass is 10.0. The van der Waals surface area contributed by atoms with Crippen LogP contribution in [-0.4, -0.2) is 0 Å². The van der Waals surface area contributed by atoms with Crippen molar-refractivity contribution in [3.63, 3.8) is 0 Å². The van der Waals surface area contributed by atoms with Crippen molar-refractivity contribution in [1.29, 1.82) is 0 Å². The fourth-order valence-corrected chi connectivity index (χ4v) is 2.63. The molecule has 0 spiro atoms. The number of pyridine rings is 1. The van der Waals surface area contributed by atoms with E-state index in [4.69, 9.17) is 0 Å². The van der Waals surface area contributed by atoms with Gasteiger partial charge in [-0.2, -0.15) is 0 Å². The summed E-state index contributed by atoms with van der Waals surface area (Å²) in [6.45, 7) is 0. The van der Waals surface area contributed by atoms with E-state index in [1.54, 1.807) is 0 Å². The first-order valence-electron chi connectivity index (χ1n) is 5.96. The fraction of sp³-hybridized carbons (Fsp3) is 0.0625. The molecular weight excluding hydrogens is 286 g/mol. The number of fused-ring (bicyclic) bond motifs is 1. The minimum Gasteiger partial charge on any atom is -0.214 e. The van der Waals surface area contributed by atoms with E-state index in [2.05, 4.69) is 69.4 Å². The number of benzene rings is 2. The molecule has 1 heterocycles. The molecule has 0 saturated carbocycles. The Hall–Kier alpha value is -1.67. The van der Waals surface area contributed by atoms with Crippen molar-refractivity contribution in [2.24, 2.45) is 0 Å². The van der Waals surface area contributed by atoms with Gasteiger partial charge in [0.15, 0.2) is 11.9 Å². The van der Waals surface area contributed by atoms with Crippen LogP contribution < -0.4 is 4.98 Å². The standard InChI is InChI=1S/C16H12BrN/c17-15-8-4-2-6-13(15)11-16-14-7-3-1-5-12(14)9-10-18-16/h1-10H,11H2/p+1. The number of aromatic nitrogens is 1. The lowest BCUT2D eigenvalue weighted by Crippen LogP contribution is -2.11. The normalized spacial score (nSPS) is 10.7. The zero-order valence-electron chi connectivity index (χ0n) is 9.86. The van der Waals surface area contributed by atoms with Gasteiger partial charge >= 0.3 is 0 Å². The first kappa shape index (κ1) is 11.4. The fourth-order valence-electron chi connectivity index (χ4n) is 2.21. The molecule has 0 radical (unpaired) electrons. The molecule has 0 unspecified atom stereocenters. The van der Waals surface area contributed by atoms with E-state index >= 15 is 0 Å². The molecule has 1 aromatic heterocycles. The Labute approximate surface area is 115 Å². The van der Waals surface area contributed by atoms with E-state index in [0.717, 1.165) is 10.9 Å². The zero-order chi connectivity index (χ0) is 12.4. The van der Waals surface area contributed by atoms with Crippen molar-refractivity contribution in [3.05, 3.63) is 76.5 Å². The van der Waals surface area contributed by atoms with E-state index < -0.39 is 0 Å². The molecule has 1 N–H and O–H groups in total. The Morgan fingerprint density at radius 1 is 0.889 bits per heavy atom. The highest BCUT2D eigenvalue weighted by Gasteiger charge is 2.10. The molecular formula is C16H13BrN+. The van der Waals surface area contributed by atoms with Crippen LogP contribution >= 0.6 is 15.9 Å². The molecule has 18 heavy (non-hydrogen) atoms. The van der Waals surface area contributed by atoms with Gasteiger partial charge in [0.25, 0.3) is 0 Å². The average molecular weight is 299 g/mol. The van der Waals surface area contributed by atoms with Crippen LogP contribution in [0.4, 0.5) is 0 Å². The second-order valence-corrected chi connectivity index (χ2v) is 5.17. The van der Waals surface area contributed by atoms with Crippen LogP contribution in [0.15, 0.2) is 65.3 Å². The third-order valence-corrected chi connectivity index (χ3v) is 3.91. The third kappa shape index (κ3) is 2.16.